The number of amides is 1. The molecule has 42 heavy (non-hydrogen) atoms. The lowest BCUT2D eigenvalue weighted by Crippen LogP contribution is -2.23. The summed E-state index contributed by atoms with van der Waals surface area (Å²) in [6.45, 7) is 5.99. The minimum absolute atomic E-state index is 0.00811. The number of rotatable bonds is 9. The molecule has 3 aromatic carbocycles. The van der Waals surface area contributed by atoms with Gasteiger partial charge in [-0.15, -0.1) is 0 Å². The Morgan fingerprint density at radius 2 is 1.76 bits per heavy atom. The highest BCUT2D eigenvalue weighted by atomic mass is 16.4. The van der Waals surface area contributed by atoms with Gasteiger partial charge in [-0.25, -0.2) is 4.79 Å². The van der Waals surface area contributed by atoms with Gasteiger partial charge in [-0.2, -0.15) is 0 Å². The molecule has 0 aliphatic heterocycles. The number of carbonyl (C=O) groups excluding carboxylic acids is 1. The van der Waals surface area contributed by atoms with E-state index in [1.807, 2.05) is 56.4 Å². The number of benzene rings is 3. The summed E-state index contributed by atoms with van der Waals surface area (Å²) in [4.78, 5) is 37.5. The van der Waals surface area contributed by atoms with E-state index in [0.29, 0.717) is 27.9 Å². The number of H-pyrrole nitrogens is 1. The molecule has 0 bridgehead atoms. The Hall–Kier alpha value is -5.31. The largest absolute Gasteiger partial charge is 0.478 e. The highest BCUT2D eigenvalue weighted by Gasteiger charge is 2.24. The van der Waals surface area contributed by atoms with Crippen LogP contribution >= 0.6 is 0 Å². The summed E-state index contributed by atoms with van der Waals surface area (Å²) in [5.41, 5.74) is 13.2. The van der Waals surface area contributed by atoms with Crippen molar-refractivity contribution in [2.45, 2.75) is 39.7 Å². The number of hydrogen-bond donors (Lipinski definition) is 5. The van der Waals surface area contributed by atoms with Gasteiger partial charge in [0.15, 0.2) is 0 Å². The van der Waals surface area contributed by atoms with Gasteiger partial charge < -0.3 is 21.1 Å². The van der Waals surface area contributed by atoms with Gasteiger partial charge in [-0.1, -0.05) is 42.8 Å². The van der Waals surface area contributed by atoms with Crippen molar-refractivity contribution in [2.24, 2.45) is 5.73 Å². The van der Waals surface area contributed by atoms with Gasteiger partial charge in [0.1, 0.15) is 5.84 Å². The standard InChI is InChI=1S/C33H32N6O3/c1-4-23(29-17-38-30-13-20(31(34)35)6-10-26(29)30)24-9-7-21(32(40)39-16-22-15-36-19(3)14-37-22)12-27(24)25-8-5-18(2)11-28(25)33(41)42/h5-15,17,23,38H,4,16H2,1-3H3,(H3,34,35)(H,39,40)(H,41,42). The molecule has 0 radical (unpaired) electrons. The number of aromatic amines is 1. The SMILES string of the molecule is CCC(c1ccc(C(=O)NCc2cnc(C)cn2)cc1-c1ccc(C)cc1C(=O)O)c1c[nH]c2cc(C(=N)N)ccc12. The maximum Gasteiger partial charge on any atom is 0.336 e. The van der Waals surface area contributed by atoms with Crippen LogP contribution in [0.15, 0.2) is 73.2 Å². The molecule has 0 spiro atoms. The van der Waals surface area contributed by atoms with Crippen molar-refractivity contribution in [3.05, 3.63) is 118 Å². The Morgan fingerprint density at radius 1 is 0.976 bits per heavy atom. The normalized spacial score (nSPS) is 11.8. The van der Waals surface area contributed by atoms with Crippen LogP contribution < -0.4 is 11.1 Å². The molecule has 9 heteroatoms. The van der Waals surface area contributed by atoms with Crippen LogP contribution in [0, 0.1) is 19.3 Å². The first kappa shape index (κ1) is 28.2. The molecule has 0 aliphatic rings. The fourth-order valence-corrected chi connectivity index (χ4v) is 5.30. The summed E-state index contributed by atoms with van der Waals surface area (Å²) in [6, 6.07) is 16.4. The number of hydrogen-bond acceptors (Lipinski definition) is 5. The summed E-state index contributed by atoms with van der Waals surface area (Å²) in [6.07, 6.45) is 5.95. The highest BCUT2D eigenvalue weighted by Crippen LogP contribution is 2.40. The van der Waals surface area contributed by atoms with Crippen molar-refractivity contribution in [2.75, 3.05) is 0 Å². The van der Waals surface area contributed by atoms with Crippen molar-refractivity contribution in [1.29, 1.82) is 5.41 Å². The summed E-state index contributed by atoms with van der Waals surface area (Å²) >= 11 is 0. The number of fused-ring (bicyclic) bond motifs is 1. The van der Waals surface area contributed by atoms with Gasteiger partial charge in [0.05, 0.1) is 29.7 Å². The summed E-state index contributed by atoms with van der Waals surface area (Å²) in [5.74, 6) is -1.46. The van der Waals surface area contributed by atoms with E-state index < -0.39 is 5.97 Å². The minimum Gasteiger partial charge on any atom is -0.478 e. The molecule has 6 N–H and O–H groups in total. The lowest BCUT2D eigenvalue weighted by Gasteiger charge is -2.21. The fraction of sp³-hybridized carbons (Fsp3) is 0.182. The third-order valence-corrected chi connectivity index (χ3v) is 7.46. The zero-order valence-electron chi connectivity index (χ0n) is 23.7. The number of carboxylic acid groups (broad SMARTS) is 1. The van der Waals surface area contributed by atoms with Crippen molar-refractivity contribution in [3.8, 4) is 11.1 Å². The molecule has 0 saturated carbocycles. The molecule has 5 aromatic rings. The first-order valence-corrected chi connectivity index (χ1v) is 13.7. The molecule has 0 fully saturated rings. The second-order valence-corrected chi connectivity index (χ2v) is 10.4. The zero-order valence-corrected chi connectivity index (χ0v) is 23.7. The van der Waals surface area contributed by atoms with E-state index in [0.717, 1.165) is 39.7 Å². The molecule has 9 nitrogen and oxygen atoms in total. The van der Waals surface area contributed by atoms with Gasteiger partial charge >= 0.3 is 5.97 Å². The van der Waals surface area contributed by atoms with Crippen LogP contribution in [0.5, 0.6) is 0 Å². The van der Waals surface area contributed by atoms with Gasteiger partial charge in [0.2, 0.25) is 0 Å². The first-order chi connectivity index (χ1) is 20.2. The molecule has 5 rings (SSSR count). The van der Waals surface area contributed by atoms with Gasteiger partial charge in [0.25, 0.3) is 5.91 Å². The monoisotopic (exact) mass is 560 g/mol. The third kappa shape index (κ3) is 5.62. The van der Waals surface area contributed by atoms with Crippen molar-refractivity contribution in [1.82, 2.24) is 20.3 Å². The molecule has 1 amide bonds. The predicted molar refractivity (Wildman–Crippen MR) is 163 cm³/mol. The first-order valence-electron chi connectivity index (χ1n) is 13.7. The van der Waals surface area contributed by atoms with Crippen LogP contribution in [-0.2, 0) is 6.54 Å². The number of carbonyl (C=O) groups is 2. The Balaban J connectivity index is 1.61. The molecule has 1 unspecified atom stereocenters. The number of carboxylic acids is 1. The number of aromatic carboxylic acids is 1. The van der Waals surface area contributed by atoms with E-state index in [1.54, 1.807) is 30.6 Å². The number of aryl methyl sites for hydroxylation is 2. The predicted octanol–water partition coefficient (Wildman–Crippen LogP) is 5.70. The number of nitrogens with two attached hydrogens (primary N) is 1. The van der Waals surface area contributed by atoms with Gasteiger partial charge in [-0.05, 0) is 66.8 Å². The Kier molecular flexibility index (Phi) is 7.84. The number of aromatic nitrogens is 3. The quantitative estimate of drug-likeness (QED) is 0.115. The number of nitrogens with one attached hydrogen (secondary N) is 3. The van der Waals surface area contributed by atoms with E-state index in [9.17, 15) is 14.7 Å². The van der Waals surface area contributed by atoms with Crippen LogP contribution in [0.3, 0.4) is 0 Å². The molecule has 0 aliphatic carbocycles. The summed E-state index contributed by atoms with van der Waals surface area (Å²) in [7, 11) is 0. The van der Waals surface area contributed by atoms with E-state index in [2.05, 4.69) is 27.2 Å². The number of amidine groups is 1. The zero-order chi connectivity index (χ0) is 30.0. The van der Waals surface area contributed by atoms with Crippen molar-refractivity contribution < 1.29 is 14.7 Å². The fourth-order valence-electron chi connectivity index (χ4n) is 5.30. The average Bonchev–Trinajstić information content (AvgIpc) is 3.40. The summed E-state index contributed by atoms with van der Waals surface area (Å²) < 4.78 is 0. The summed E-state index contributed by atoms with van der Waals surface area (Å²) in [5, 5.41) is 21.8. The second-order valence-electron chi connectivity index (χ2n) is 10.4. The minimum atomic E-state index is -1.04. The molecular weight excluding hydrogens is 528 g/mol. The van der Waals surface area contributed by atoms with E-state index in [1.165, 1.54) is 0 Å². The third-order valence-electron chi connectivity index (χ3n) is 7.46. The molecular formula is C33H32N6O3. The van der Waals surface area contributed by atoms with Gasteiger partial charge in [0, 0.05) is 40.3 Å². The molecule has 1 atom stereocenters. The molecule has 2 heterocycles. The Labute approximate surface area is 243 Å². The van der Waals surface area contributed by atoms with Crippen LogP contribution in [0.1, 0.15) is 73.6 Å². The molecule has 0 saturated heterocycles. The average molecular weight is 561 g/mol. The van der Waals surface area contributed by atoms with Crippen LogP contribution in [0.4, 0.5) is 0 Å². The van der Waals surface area contributed by atoms with Crippen molar-refractivity contribution >= 4 is 28.6 Å². The van der Waals surface area contributed by atoms with E-state index in [-0.39, 0.29) is 29.8 Å². The maximum absolute atomic E-state index is 13.3. The topological polar surface area (TPSA) is 158 Å². The van der Waals surface area contributed by atoms with Crippen molar-refractivity contribution in [3.63, 3.8) is 0 Å². The molecule has 2 aromatic heterocycles. The van der Waals surface area contributed by atoms with Crippen LogP contribution in [-0.4, -0.2) is 37.8 Å². The highest BCUT2D eigenvalue weighted by molar-refractivity contribution is 6.01. The van der Waals surface area contributed by atoms with E-state index >= 15 is 0 Å². The number of nitrogens with zero attached hydrogens (tertiary/aromatic N) is 2. The Morgan fingerprint density at radius 3 is 2.45 bits per heavy atom. The lowest BCUT2D eigenvalue weighted by molar-refractivity contribution is 0.0697. The van der Waals surface area contributed by atoms with E-state index in [4.69, 9.17) is 11.1 Å². The van der Waals surface area contributed by atoms with Crippen LogP contribution in [0.2, 0.25) is 0 Å². The molecule has 212 valence electrons. The Bertz CT molecular complexity index is 1820. The lowest BCUT2D eigenvalue weighted by atomic mass is 9.82. The maximum atomic E-state index is 13.3. The smallest absolute Gasteiger partial charge is 0.336 e. The van der Waals surface area contributed by atoms with Crippen LogP contribution in [0.25, 0.3) is 22.0 Å². The second kappa shape index (κ2) is 11.7. The van der Waals surface area contributed by atoms with Gasteiger partial charge in [-0.3, -0.25) is 20.2 Å². The number of nitrogen functional groups attached to an aromatic ring is 1.